The molecule has 0 atom stereocenters. The molecule has 0 aromatic heterocycles. The van der Waals surface area contributed by atoms with Crippen LogP contribution in [0, 0.1) is 19.3 Å². The predicted octanol–water partition coefficient (Wildman–Crippen LogP) is 4.08. The van der Waals surface area contributed by atoms with Crippen molar-refractivity contribution in [2.24, 2.45) is 5.41 Å². The number of nitrogens with one attached hydrogen (secondary N) is 3. The smallest absolute Gasteiger partial charge is 0.242 e. The third kappa shape index (κ3) is 6.45. The normalized spacial score (nSPS) is 11.8. The third-order valence-corrected chi connectivity index (χ3v) is 6.68. The summed E-state index contributed by atoms with van der Waals surface area (Å²) >= 11 is 0. The van der Waals surface area contributed by atoms with Gasteiger partial charge >= 0.3 is 0 Å². The number of benzene rings is 2. The molecular weight excluding hydrogens is 414 g/mol. The van der Waals surface area contributed by atoms with Crippen LogP contribution in [0.25, 0.3) is 0 Å². The van der Waals surface area contributed by atoms with Gasteiger partial charge in [0.2, 0.25) is 15.9 Å². The Labute approximate surface area is 185 Å². The lowest BCUT2D eigenvalue weighted by molar-refractivity contribution is -0.124. The Kier molecular flexibility index (Phi) is 8.08. The zero-order chi connectivity index (χ0) is 23.2. The molecule has 0 saturated carbocycles. The molecule has 0 heterocycles. The Morgan fingerprint density at radius 3 is 2.42 bits per heavy atom. The number of ether oxygens (including phenoxy) is 1. The first-order chi connectivity index (χ1) is 14.5. The fraction of sp³-hybridized carbons (Fsp3) is 0.435. The molecule has 0 bridgehead atoms. The van der Waals surface area contributed by atoms with Crippen molar-refractivity contribution in [2.45, 2.75) is 45.4 Å². The van der Waals surface area contributed by atoms with Crippen LogP contribution in [-0.4, -0.2) is 35.0 Å². The SMILES string of the molecule is CNc1ccc(NC(=O)C(C)(C)CCCOc2cc(C)ccc2C)cc1S(=O)(=O)NC. The molecule has 0 unspecified atom stereocenters. The predicted molar refractivity (Wildman–Crippen MR) is 125 cm³/mol. The van der Waals surface area contributed by atoms with Gasteiger partial charge in [0.1, 0.15) is 10.6 Å². The molecule has 0 radical (unpaired) electrons. The van der Waals surface area contributed by atoms with E-state index >= 15 is 0 Å². The summed E-state index contributed by atoms with van der Waals surface area (Å²) in [6.07, 6.45) is 1.34. The van der Waals surface area contributed by atoms with Crippen LogP contribution < -0.4 is 20.1 Å². The van der Waals surface area contributed by atoms with Gasteiger partial charge in [0.15, 0.2) is 0 Å². The number of rotatable bonds is 10. The summed E-state index contributed by atoms with van der Waals surface area (Å²) in [5, 5.41) is 5.70. The molecule has 2 aromatic carbocycles. The molecule has 0 saturated heterocycles. The maximum Gasteiger partial charge on any atom is 0.242 e. The fourth-order valence-corrected chi connectivity index (χ4v) is 4.07. The number of carbonyl (C=O) groups is 1. The lowest BCUT2D eigenvalue weighted by Gasteiger charge is -2.24. The van der Waals surface area contributed by atoms with Crippen LogP contribution in [0.5, 0.6) is 5.75 Å². The van der Waals surface area contributed by atoms with Gasteiger partial charge in [0.25, 0.3) is 0 Å². The van der Waals surface area contributed by atoms with E-state index in [0.717, 1.165) is 16.9 Å². The Hall–Kier alpha value is -2.58. The number of hydrogen-bond acceptors (Lipinski definition) is 5. The number of sulfonamides is 1. The first kappa shape index (κ1) is 24.7. The summed E-state index contributed by atoms with van der Waals surface area (Å²) in [7, 11) is -0.670. The summed E-state index contributed by atoms with van der Waals surface area (Å²) in [6.45, 7) is 8.29. The van der Waals surface area contributed by atoms with Gasteiger partial charge in [-0.15, -0.1) is 0 Å². The summed E-state index contributed by atoms with van der Waals surface area (Å²) in [4.78, 5) is 12.9. The number of aryl methyl sites for hydroxylation is 2. The lowest BCUT2D eigenvalue weighted by Crippen LogP contribution is -2.31. The van der Waals surface area contributed by atoms with E-state index in [4.69, 9.17) is 4.74 Å². The van der Waals surface area contributed by atoms with Gasteiger partial charge < -0.3 is 15.4 Å². The van der Waals surface area contributed by atoms with Crippen LogP contribution >= 0.6 is 0 Å². The minimum Gasteiger partial charge on any atom is -0.493 e. The zero-order valence-corrected chi connectivity index (χ0v) is 19.9. The second-order valence-electron chi connectivity index (χ2n) is 8.23. The van der Waals surface area contributed by atoms with Crippen molar-refractivity contribution < 1.29 is 17.9 Å². The van der Waals surface area contributed by atoms with Gasteiger partial charge in [-0.1, -0.05) is 26.0 Å². The third-order valence-electron chi connectivity index (χ3n) is 5.23. The number of amides is 1. The van der Waals surface area contributed by atoms with Gasteiger partial charge in [0, 0.05) is 18.2 Å². The van der Waals surface area contributed by atoms with Gasteiger partial charge in [-0.05, 0) is 69.1 Å². The molecule has 8 heteroatoms. The molecular formula is C23H33N3O4S. The molecule has 170 valence electrons. The maximum absolute atomic E-state index is 12.8. The quantitative estimate of drug-likeness (QED) is 0.477. The van der Waals surface area contributed by atoms with Gasteiger partial charge in [-0.2, -0.15) is 0 Å². The second-order valence-corrected chi connectivity index (χ2v) is 10.1. The van der Waals surface area contributed by atoms with Crippen LogP contribution in [0.4, 0.5) is 11.4 Å². The Morgan fingerprint density at radius 1 is 1.06 bits per heavy atom. The van der Waals surface area contributed by atoms with Crippen molar-refractivity contribution in [1.82, 2.24) is 4.72 Å². The van der Waals surface area contributed by atoms with Crippen LogP contribution in [0.3, 0.4) is 0 Å². The topological polar surface area (TPSA) is 96.5 Å². The summed E-state index contributed by atoms with van der Waals surface area (Å²) in [6, 6.07) is 10.9. The van der Waals surface area contributed by atoms with Crippen LogP contribution in [0.15, 0.2) is 41.3 Å². The maximum atomic E-state index is 12.8. The van der Waals surface area contributed by atoms with E-state index in [-0.39, 0.29) is 10.8 Å². The molecule has 2 rings (SSSR count). The van der Waals surface area contributed by atoms with E-state index in [1.807, 2.05) is 45.9 Å². The van der Waals surface area contributed by atoms with E-state index in [2.05, 4.69) is 15.4 Å². The molecule has 0 aliphatic carbocycles. The van der Waals surface area contributed by atoms with Gasteiger partial charge in [-0.3, -0.25) is 4.79 Å². The molecule has 1 amide bonds. The first-order valence-corrected chi connectivity index (χ1v) is 11.8. The van der Waals surface area contributed by atoms with Crippen molar-refractivity contribution in [3.8, 4) is 5.75 Å². The Bertz CT molecular complexity index is 1030. The standard InChI is InChI=1S/C23H33N3O4S/c1-16-8-9-17(2)20(14-16)30-13-7-12-23(3,4)22(27)26-18-10-11-19(24-5)21(15-18)31(28,29)25-6/h8-11,14-15,24-25H,7,12-13H2,1-6H3,(H,26,27). The minimum atomic E-state index is -3.67. The Balaban J connectivity index is 2.00. The average molecular weight is 448 g/mol. The molecule has 31 heavy (non-hydrogen) atoms. The fourth-order valence-electron chi connectivity index (χ4n) is 3.11. The molecule has 0 fully saturated rings. The highest BCUT2D eigenvalue weighted by Gasteiger charge is 2.28. The van der Waals surface area contributed by atoms with Crippen molar-refractivity contribution in [3.63, 3.8) is 0 Å². The summed E-state index contributed by atoms with van der Waals surface area (Å²) < 4.78 is 32.7. The van der Waals surface area contributed by atoms with E-state index in [1.165, 1.54) is 13.1 Å². The minimum absolute atomic E-state index is 0.0787. The lowest BCUT2D eigenvalue weighted by atomic mass is 9.87. The number of anilines is 2. The average Bonchev–Trinajstić information content (AvgIpc) is 2.73. The zero-order valence-electron chi connectivity index (χ0n) is 19.1. The highest BCUT2D eigenvalue weighted by Crippen LogP contribution is 2.28. The van der Waals surface area contributed by atoms with Crippen LogP contribution in [-0.2, 0) is 14.8 Å². The molecule has 3 N–H and O–H groups in total. The van der Waals surface area contributed by atoms with Crippen molar-refractivity contribution in [2.75, 3.05) is 31.3 Å². The van der Waals surface area contributed by atoms with Crippen molar-refractivity contribution in [1.29, 1.82) is 0 Å². The summed E-state index contributed by atoms with van der Waals surface area (Å²) in [5.41, 5.74) is 2.46. The number of hydrogen-bond donors (Lipinski definition) is 3. The van der Waals surface area contributed by atoms with Crippen LogP contribution in [0.1, 0.15) is 37.8 Å². The molecule has 0 aliphatic heterocycles. The monoisotopic (exact) mass is 447 g/mol. The Morgan fingerprint density at radius 2 is 1.77 bits per heavy atom. The van der Waals surface area contributed by atoms with E-state index in [0.29, 0.717) is 30.8 Å². The molecule has 0 aliphatic rings. The molecule has 2 aromatic rings. The highest BCUT2D eigenvalue weighted by atomic mass is 32.2. The highest BCUT2D eigenvalue weighted by molar-refractivity contribution is 7.89. The van der Waals surface area contributed by atoms with E-state index in [1.54, 1.807) is 19.2 Å². The van der Waals surface area contributed by atoms with Gasteiger partial charge in [-0.25, -0.2) is 13.1 Å². The van der Waals surface area contributed by atoms with Crippen molar-refractivity contribution in [3.05, 3.63) is 47.5 Å². The summed E-state index contributed by atoms with van der Waals surface area (Å²) in [5.74, 6) is 0.689. The number of carbonyl (C=O) groups excluding carboxylic acids is 1. The first-order valence-electron chi connectivity index (χ1n) is 10.3. The van der Waals surface area contributed by atoms with Crippen molar-refractivity contribution >= 4 is 27.3 Å². The second kappa shape index (κ2) is 10.2. The van der Waals surface area contributed by atoms with E-state index in [9.17, 15) is 13.2 Å². The van der Waals surface area contributed by atoms with Crippen LogP contribution in [0.2, 0.25) is 0 Å². The largest absolute Gasteiger partial charge is 0.493 e. The van der Waals surface area contributed by atoms with Gasteiger partial charge in [0.05, 0.1) is 12.3 Å². The molecule has 7 nitrogen and oxygen atoms in total. The molecule has 0 spiro atoms. The van der Waals surface area contributed by atoms with E-state index < -0.39 is 15.4 Å².